The molecular formula is C23H40BNO4. The van der Waals surface area contributed by atoms with E-state index in [9.17, 15) is 4.79 Å². The fraction of sp³-hybridized carbons (Fsp3) is 0.696. The van der Waals surface area contributed by atoms with E-state index in [1.807, 2.05) is 51.7 Å². The normalized spacial score (nSPS) is 16.2. The summed E-state index contributed by atoms with van der Waals surface area (Å²) >= 11 is 0. The van der Waals surface area contributed by atoms with E-state index >= 15 is 0 Å². The van der Waals surface area contributed by atoms with Gasteiger partial charge in [0.1, 0.15) is 18.0 Å². The second-order valence-electron chi connectivity index (χ2n) is 7.59. The van der Waals surface area contributed by atoms with Crippen LogP contribution in [0.15, 0.2) is 24.3 Å². The number of hydrogen-bond acceptors (Lipinski definition) is 4. The van der Waals surface area contributed by atoms with E-state index in [-0.39, 0.29) is 13.5 Å². The van der Waals surface area contributed by atoms with Crippen LogP contribution in [0.4, 0.5) is 4.79 Å². The molecular weight excluding hydrogens is 365 g/mol. The summed E-state index contributed by atoms with van der Waals surface area (Å²) in [4.78, 5) is 14.2. The van der Waals surface area contributed by atoms with Crippen molar-refractivity contribution in [3.8, 4) is 5.75 Å². The minimum absolute atomic E-state index is 0. The lowest BCUT2D eigenvalue weighted by Gasteiger charge is -2.34. The molecule has 0 bridgehead atoms. The molecule has 29 heavy (non-hydrogen) atoms. The largest absolute Gasteiger partial charge is 0.491 e. The molecule has 5 nitrogen and oxygen atoms in total. The van der Waals surface area contributed by atoms with Crippen LogP contribution >= 0.6 is 0 Å². The van der Waals surface area contributed by atoms with E-state index in [0.717, 1.165) is 25.1 Å². The summed E-state index contributed by atoms with van der Waals surface area (Å²) in [6.07, 6.45) is 2.32. The van der Waals surface area contributed by atoms with Gasteiger partial charge in [-0.3, -0.25) is 0 Å². The second-order valence-corrected chi connectivity index (χ2v) is 7.59. The minimum atomic E-state index is -0.468. The number of ether oxygens (including phenoxy) is 3. The van der Waals surface area contributed by atoms with E-state index in [4.69, 9.17) is 22.1 Å². The van der Waals surface area contributed by atoms with Crippen molar-refractivity contribution < 1.29 is 19.0 Å². The summed E-state index contributed by atoms with van der Waals surface area (Å²) in [6, 6.07) is 8.10. The van der Waals surface area contributed by atoms with Crippen LogP contribution in [-0.4, -0.2) is 57.4 Å². The molecule has 1 saturated heterocycles. The van der Waals surface area contributed by atoms with Gasteiger partial charge >= 0.3 is 6.09 Å². The number of carbonyl (C=O) groups is 1. The third-order valence-corrected chi connectivity index (χ3v) is 4.16. The molecule has 0 saturated carbocycles. The summed E-state index contributed by atoms with van der Waals surface area (Å²) < 4.78 is 16.6. The van der Waals surface area contributed by atoms with Crippen LogP contribution in [0.2, 0.25) is 6.32 Å². The molecule has 0 aromatic heterocycles. The lowest BCUT2D eigenvalue weighted by Crippen LogP contribution is -2.42. The monoisotopic (exact) mass is 405 g/mol. The molecule has 164 valence electrons. The fourth-order valence-corrected chi connectivity index (χ4v) is 3.00. The molecule has 1 amide bonds. The fourth-order valence-electron chi connectivity index (χ4n) is 3.00. The zero-order valence-electron chi connectivity index (χ0n) is 18.2. The number of hydrogen-bond donors (Lipinski definition) is 0. The number of piperidine rings is 1. The highest BCUT2D eigenvalue weighted by Gasteiger charge is 2.28. The highest BCUT2D eigenvalue weighted by molar-refractivity contribution is 6.08. The molecule has 1 aliphatic rings. The van der Waals surface area contributed by atoms with Crippen LogP contribution in [0.25, 0.3) is 0 Å². The van der Waals surface area contributed by atoms with Gasteiger partial charge in [0.05, 0.1) is 14.5 Å². The van der Waals surface area contributed by atoms with E-state index < -0.39 is 5.60 Å². The molecule has 1 heterocycles. The first-order valence-corrected chi connectivity index (χ1v) is 10.4. The Bertz CT molecular complexity index is 574. The predicted octanol–water partition coefficient (Wildman–Crippen LogP) is 5.45. The molecule has 2 rings (SSSR count). The summed E-state index contributed by atoms with van der Waals surface area (Å²) in [6.45, 7) is 12.7. The van der Waals surface area contributed by atoms with Crippen molar-refractivity contribution in [1.29, 1.82) is 0 Å². The predicted molar refractivity (Wildman–Crippen MR) is 121 cm³/mol. The van der Waals surface area contributed by atoms with Gasteiger partial charge in [-0.05, 0) is 51.3 Å². The summed E-state index contributed by atoms with van der Waals surface area (Å²) in [5.74, 6) is 1.13. The molecule has 2 radical (unpaired) electrons. The van der Waals surface area contributed by atoms with Crippen molar-refractivity contribution in [2.24, 2.45) is 0 Å². The maximum Gasteiger partial charge on any atom is 0.410 e. The van der Waals surface area contributed by atoms with Crippen LogP contribution in [0.1, 0.15) is 66.4 Å². The first-order valence-electron chi connectivity index (χ1n) is 10.4. The minimum Gasteiger partial charge on any atom is -0.491 e. The zero-order valence-corrected chi connectivity index (χ0v) is 18.2. The quantitative estimate of drug-likeness (QED) is 0.447. The maximum atomic E-state index is 12.3. The zero-order chi connectivity index (χ0) is 21.0. The highest BCUT2D eigenvalue weighted by atomic mass is 16.6. The van der Waals surface area contributed by atoms with Crippen molar-refractivity contribution >= 4 is 13.9 Å². The first kappa shape index (κ1) is 27.3. The van der Waals surface area contributed by atoms with Crippen LogP contribution in [0.3, 0.4) is 0 Å². The molecule has 0 aliphatic carbocycles. The van der Waals surface area contributed by atoms with E-state index in [0.29, 0.717) is 38.6 Å². The van der Waals surface area contributed by atoms with E-state index in [2.05, 4.69) is 12.1 Å². The SMILES string of the molecule is C.CC.[B]CCOCCOc1cccc(C2CCCN(C(=O)OC(C)(C)C)C2)c1. The third-order valence-electron chi connectivity index (χ3n) is 4.16. The van der Waals surface area contributed by atoms with Crippen molar-refractivity contribution in [1.82, 2.24) is 4.90 Å². The molecule has 0 spiro atoms. The Kier molecular flexibility index (Phi) is 13.5. The van der Waals surface area contributed by atoms with Gasteiger partial charge in [0.25, 0.3) is 0 Å². The first-order chi connectivity index (χ1) is 13.4. The summed E-state index contributed by atoms with van der Waals surface area (Å²) in [5, 5.41) is 0. The van der Waals surface area contributed by atoms with Gasteiger partial charge < -0.3 is 19.1 Å². The molecule has 1 fully saturated rings. The molecule has 1 aromatic carbocycles. The van der Waals surface area contributed by atoms with Crippen molar-refractivity contribution in [2.45, 2.75) is 72.7 Å². The third kappa shape index (κ3) is 10.6. The van der Waals surface area contributed by atoms with Gasteiger partial charge in [0, 0.05) is 25.6 Å². The topological polar surface area (TPSA) is 48.0 Å². The number of amides is 1. The molecule has 6 heteroatoms. The molecule has 1 aromatic rings. The lowest BCUT2D eigenvalue weighted by molar-refractivity contribution is 0.0198. The lowest BCUT2D eigenvalue weighted by atomic mass is 9.91. The van der Waals surface area contributed by atoms with Crippen LogP contribution < -0.4 is 4.74 Å². The van der Waals surface area contributed by atoms with Gasteiger partial charge in [0.2, 0.25) is 0 Å². The Balaban J connectivity index is 0.00000253. The average molecular weight is 405 g/mol. The van der Waals surface area contributed by atoms with Crippen molar-refractivity contribution in [3.05, 3.63) is 29.8 Å². The number of likely N-dealkylation sites (tertiary alicyclic amines) is 1. The van der Waals surface area contributed by atoms with Gasteiger partial charge in [-0.2, -0.15) is 0 Å². The molecule has 1 aliphatic heterocycles. The summed E-state index contributed by atoms with van der Waals surface area (Å²) in [7, 11) is 5.39. The molecule has 0 N–H and O–H groups in total. The van der Waals surface area contributed by atoms with Gasteiger partial charge in [-0.1, -0.05) is 39.7 Å². The highest BCUT2D eigenvalue weighted by Crippen LogP contribution is 2.29. The summed E-state index contributed by atoms with van der Waals surface area (Å²) in [5.41, 5.74) is 0.725. The van der Waals surface area contributed by atoms with Gasteiger partial charge in [0.15, 0.2) is 0 Å². The van der Waals surface area contributed by atoms with Crippen molar-refractivity contribution in [2.75, 3.05) is 32.9 Å². The second kappa shape index (κ2) is 14.3. The number of benzene rings is 1. The Morgan fingerprint density at radius 1 is 1.21 bits per heavy atom. The Labute approximate surface area is 179 Å². The standard InChI is InChI=1S/C20H30BNO4.C2H6.CH4/c1-20(2,3)26-19(23)22-10-5-7-17(15-22)16-6-4-8-18(14-16)25-13-12-24-11-9-21;1-2;/h4,6,8,14,17H,5,7,9-13,15H2,1-3H3;1-2H3;1H4. The van der Waals surface area contributed by atoms with Crippen LogP contribution in [0, 0.1) is 0 Å². The Morgan fingerprint density at radius 2 is 1.93 bits per heavy atom. The maximum absolute atomic E-state index is 12.3. The van der Waals surface area contributed by atoms with Crippen LogP contribution in [-0.2, 0) is 9.47 Å². The van der Waals surface area contributed by atoms with E-state index in [1.165, 1.54) is 5.56 Å². The Hall–Kier alpha value is -1.69. The van der Waals surface area contributed by atoms with E-state index in [1.54, 1.807) is 0 Å². The van der Waals surface area contributed by atoms with Crippen molar-refractivity contribution in [3.63, 3.8) is 0 Å². The number of rotatable bonds is 7. The van der Waals surface area contributed by atoms with Gasteiger partial charge in [-0.25, -0.2) is 4.79 Å². The smallest absolute Gasteiger partial charge is 0.410 e. The Morgan fingerprint density at radius 3 is 2.59 bits per heavy atom. The average Bonchev–Trinajstić information content (AvgIpc) is 2.68. The van der Waals surface area contributed by atoms with Gasteiger partial charge in [-0.15, -0.1) is 0 Å². The van der Waals surface area contributed by atoms with Crippen LogP contribution in [0.5, 0.6) is 5.75 Å². The number of nitrogens with zero attached hydrogens (tertiary/aromatic N) is 1. The number of carbonyl (C=O) groups excluding carboxylic acids is 1. The molecule has 1 unspecified atom stereocenters. The molecule has 1 atom stereocenters.